The number of nitrogens with one attached hydrogen (secondary N) is 2. The lowest BCUT2D eigenvalue weighted by Gasteiger charge is -2.12. The Morgan fingerprint density at radius 1 is 1.31 bits per heavy atom. The van der Waals surface area contributed by atoms with E-state index in [4.69, 9.17) is 33.7 Å². The largest absolute Gasteiger partial charge is 0.453 e. The van der Waals surface area contributed by atoms with Gasteiger partial charge < -0.3 is 20.8 Å². The average Bonchev–Trinajstić information content (AvgIpc) is 3.04. The molecule has 0 radical (unpaired) electrons. The number of benzene rings is 2. The molecule has 1 aromatic heterocycles. The Balaban J connectivity index is 1.79. The predicted molar refractivity (Wildman–Crippen MR) is 97.1 cm³/mol. The van der Waals surface area contributed by atoms with Crippen molar-refractivity contribution >= 4 is 34.8 Å². The second-order valence-electron chi connectivity index (χ2n) is 5.28. The highest BCUT2D eigenvalue weighted by atomic mass is 35.5. The summed E-state index contributed by atoms with van der Waals surface area (Å²) in [7, 11) is 0. The standard InChI is InChI=1S/C17H13Cl2FN4O2/c18-12-5-4-9(7-22-17(25)14-16(19)24-8-23-14)13(20)15(12)26-11-3-1-2-10(21)6-11/h1-6,8H,7,21H2,(H,22,25)(H,23,24). The van der Waals surface area contributed by atoms with Crippen LogP contribution in [0.5, 0.6) is 11.5 Å². The van der Waals surface area contributed by atoms with Crippen LogP contribution in [0.1, 0.15) is 16.1 Å². The summed E-state index contributed by atoms with van der Waals surface area (Å²) in [4.78, 5) is 18.4. The zero-order valence-electron chi connectivity index (χ0n) is 13.2. The molecule has 0 aliphatic heterocycles. The van der Waals surface area contributed by atoms with E-state index in [0.29, 0.717) is 11.4 Å². The summed E-state index contributed by atoms with van der Waals surface area (Å²) in [5.41, 5.74) is 6.44. The van der Waals surface area contributed by atoms with Gasteiger partial charge in [0.25, 0.3) is 5.91 Å². The zero-order chi connectivity index (χ0) is 18.7. The molecule has 0 fully saturated rings. The molecule has 0 atom stereocenters. The second-order valence-corrected chi connectivity index (χ2v) is 6.04. The van der Waals surface area contributed by atoms with Gasteiger partial charge in [-0.2, -0.15) is 0 Å². The minimum absolute atomic E-state index is 0.0322. The van der Waals surface area contributed by atoms with E-state index >= 15 is 0 Å². The first-order chi connectivity index (χ1) is 12.5. The maximum Gasteiger partial charge on any atom is 0.271 e. The summed E-state index contributed by atoms with van der Waals surface area (Å²) < 4.78 is 20.3. The summed E-state index contributed by atoms with van der Waals surface area (Å²) in [5, 5.41) is 2.68. The highest BCUT2D eigenvalue weighted by molar-refractivity contribution is 6.32. The number of rotatable bonds is 5. The lowest BCUT2D eigenvalue weighted by Crippen LogP contribution is -2.24. The van der Waals surface area contributed by atoms with Crippen molar-refractivity contribution in [2.24, 2.45) is 0 Å². The van der Waals surface area contributed by atoms with Crippen molar-refractivity contribution in [2.45, 2.75) is 6.54 Å². The van der Waals surface area contributed by atoms with E-state index in [1.807, 2.05) is 0 Å². The van der Waals surface area contributed by atoms with Gasteiger partial charge in [-0.05, 0) is 18.2 Å². The quantitative estimate of drug-likeness (QED) is 0.566. The lowest BCUT2D eigenvalue weighted by atomic mass is 10.2. The highest BCUT2D eigenvalue weighted by Gasteiger charge is 2.17. The van der Waals surface area contributed by atoms with Gasteiger partial charge in [0.1, 0.15) is 11.4 Å². The van der Waals surface area contributed by atoms with Gasteiger partial charge >= 0.3 is 0 Å². The molecule has 0 unspecified atom stereocenters. The number of carbonyl (C=O) groups excluding carboxylic acids is 1. The number of nitrogen functional groups attached to an aromatic ring is 1. The third kappa shape index (κ3) is 3.89. The van der Waals surface area contributed by atoms with Crippen LogP contribution in [0.15, 0.2) is 42.7 Å². The maximum absolute atomic E-state index is 14.8. The van der Waals surface area contributed by atoms with Gasteiger partial charge in [0.2, 0.25) is 0 Å². The number of aromatic nitrogens is 2. The van der Waals surface area contributed by atoms with Crippen LogP contribution in [0.25, 0.3) is 0 Å². The van der Waals surface area contributed by atoms with Crippen molar-refractivity contribution in [2.75, 3.05) is 5.73 Å². The number of anilines is 1. The fourth-order valence-corrected chi connectivity index (χ4v) is 2.57. The molecular weight excluding hydrogens is 382 g/mol. The molecule has 3 rings (SSSR count). The number of hydrogen-bond acceptors (Lipinski definition) is 4. The Labute approximate surface area is 158 Å². The van der Waals surface area contributed by atoms with E-state index < -0.39 is 11.7 Å². The molecule has 0 aliphatic carbocycles. The van der Waals surface area contributed by atoms with E-state index in [9.17, 15) is 9.18 Å². The van der Waals surface area contributed by atoms with Gasteiger partial charge in [-0.1, -0.05) is 35.3 Å². The monoisotopic (exact) mass is 394 g/mol. The Bertz CT molecular complexity index is 962. The van der Waals surface area contributed by atoms with E-state index in [1.165, 1.54) is 18.5 Å². The van der Waals surface area contributed by atoms with Crippen LogP contribution in [0.3, 0.4) is 0 Å². The molecule has 1 heterocycles. The Kier molecular flexibility index (Phi) is 5.29. The zero-order valence-corrected chi connectivity index (χ0v) is 14.7. The molecule has 4 N–H and O–H groups in total. The SMILES string of the molecule is Nc1cccc(Oc2c(Cl)ccc(CNC(=O)c3[nH]cnc3Cl)c2F)c1. The first-order valence-electron chi connectivity index (χ1n) is 7.43. The van der Waals surface area contributed by atoms with Crippen LogP contribution in [0, 0.1) is 5.82 Å². The molecule has 2 aromatic carbocycles. The van der Waals surface area contributed by atoms with Crippen molar-refractivity contribution < 1.29 is 13.9 Å². The molecular formula is C17H13Cl2FN4O2. The molecule has 9 heteroatoms. The summed E-state index contributed by atoms with van der Waals surface area (Å²) >= 11 is 11.8. The fourth-order valence-electron chi connectivity index (χ4n) is 2.20. The predicted octanol–water partition coefficient (Wildman–Crippen LogP) is 4.16. The maximum atomic E-state index is 14.8. The average molecular weight is 395 g/mol. The van der Waals surface area contributed by atoms with E-state index in [0.717, 1.165) is 0 Å². The molecule has 0 spiro atoms. The topological polar surface area (TPSA) is 93.0 Å². The van der Waals surface area contributed by atoms with Gasteiger partial charge in [-0.3, -0.25) is 4.79 Å². The van der Waals surface area contributed by atoms with Crippen molar-refractivity contribution in [1.82, 2.24) is 15.3 Å². The molecule has 26 heavy (non-hydrogen) atoms. The summed E-state index contributed by atoms with van der Waals surface area (Å²) in [5.74, 6) is -1.00. The second kappa shape index (κ2) is 7.63. The van der Waals surface area contributed by atoms with Crippen LogP contribution in [0.4, 0.5) is 10.1 Å². The van der Waals surface area contributed by atoms with Crippen molar-refractivity contribution in [1.29, 1.82) is 0 Å². The van der Waals surface area contributed by atoms with Crippen LogP contribution in [0.2, 0.25) is 10.2 Å². The summed E-state index contributed by atoms with van der Waals surface area (Å²) in [6, 6.07) is 9.47. The van der Waals surface area contributed by atoms with Gasteiger partial charge in [0, 0.05) is 23.9 Å². The van der Waals surface area contributed by atoms with Crippen LogP contribution in [-0.2, 0) is 6.54 Å². The Hall–Kier alpha value is -2.77. The van der Waals surface area contributed by atoms with Crippen molar-refractivity contribution in [3.8, 4) is 11.5 Å². The van der Waals surface area contributed by atoms with E-state index in [2.05, 4.69) is 15.3 Å². The molecule has 134 valence electrons. The summed E-state index contributed by atoms with van der Waals surface area (Å²) in [6.07, 6.45) is 1.29. The normalized spacial score (nSPS) is 10.6. The van der Waals surface area contributed by atoms with Crippen LogP contribution in [-0.4, -0.2) is 15.9 Å². The van der Waals surface area contributed by atoms with Gasteiger partial charge in [-0.15, -0.1) is 0 Å². The van der Waals surface area contributed by atoms with Crippen LogP contribution < -0.4 is 15.8 Å². The third-order valence-corrected chi connectivity index (χ3v) is 4.05. The van der Waals surface area contributed by atoms with Gasteiger partial charge in [-0.25, -0.2) is 9.37 Å². The number of imidazole rings is 1. The number of amides is 1. The number of nitrogens with two attached hydrogens (primary N) is 1. The molecule has 0 saturated heterocycles. The first-order valence-corrected chi connectivity index (χ1v) is 8.18. The van der Waals surface area contributed by atoms with Gasteiger partial charge in [0.15, 0.2) is 16.7 Å². The van der Waals surface area contributed by atoms with Crippen molar-refractivity contribution in [3.63, 3.8) is 0 Å². The number of H-pyrrole nitrogens is 1. The molecule has 0 aliphatic rings. The van der Waals surface area contributed by atoms with Gasteiger partial charge in [0.05, 0.1) is 11.3 Å². The minimum Gasteiger partial charge on any atom is -0.453 e. The molecule has 1 amide bonds. The van der Waals surface area contributed by atoms with Crippen molar-refractivity contribution in [3.05, 3.63) is 70.0 Å². The molecule has 0 saturated carbocycles. The number of nitrogens with zero attached hydrogens (tertiary/aromatic N) is 1. The minimum atomic E-state index is -0.684. The molecule has 0 bridgehead atoms. The Morgan fingerprint density at radius 2 is 2.12 bits per heavy atom. The smallest absolute Gasteiger partial charge is 0.271 e. The number of ether oxygens (including phenoxy) is 1. The third-order valence-electron chi connectivity index (χ3n) is 3.47. The lowest BCUT2D eigenvalue weighted by molar-refractivity contribution is 0.0946. The number of hydrogen-bond donors (Lipinski definition) is 3. The molecule has 3 aromatic rings. The number of aromatic amines is 1. The van der Waals surface area contributed by atoms with E-state index in [-0.39, 0.29) is 33.7 Å². The van der Waals surface area contributed by atoms with E-state index in [1.54, 1.807) is 24.3 Å². The Morgan fingerprint density at radius 3 is 2.81 bits per heavy atom. The number of carbonyl (C=O) groups is 1. The highest BCUT2D eigenvalue weighted by Crippen LogP contribution is 2.34. The fraction of sp³-hybridized carbons (Fsp3) is 0.0588. The first kappa shape index (κ1) is 18.0. The number of halogens is 3. The molecule has 6 nitrogen and oxygen atoms in total. The van der Waals surface area contributed by atoms with Crippen LogP contribution >= 0.6 is 23.2 Å². The summed E-state index contributed by atoms with van der Waals surface area (Å²) in [6.45, 7) is -0.0928.